The molecular formula is C31H40FO2P. The topological polar surface area (TPSA) is 26.3 Å². The largest absolute Gasteiger partial charge is 0.489 e. The second-order valence-corrected chi connectivity index (χ2v) is 15.0. The molecule has 0 aliphatic rings. The van der Waals surface area contributed by atoms with Gasteiger partial charge in [0.2, 0.25) is 0 Å². The molecule has 2 atom stereocenters. The fourth-order valence-electron chi connectivity index (χ4n) is 4.46. The number of hydrogen-bond acceptors (Lipinski definition) is 2. The molecule has 0 aliphatic heterocycles. The van der Waals surface area contributed by atoms with E-state index >= 15 is 0 Å². The van der Waals surface area contributed by atoms with Crippen LogP contribution in [0.1, 0.15) is 68.7 Å². The second-order valence-electron chi connectivity index (χ2n) is 11.5. The quantitative estimate of drug-likeness (QED) is 0.292. The molecule has 0 aliphatic carbocycles. The molecule has 0 amide bonds. The fraction of sp³-hybridized carbons (Fsp3) is 0.419. The Hall–Kier alpha value is -2.38. The van der Waals surface area contributed by atoms with Gasteiger partial charge in [-0.25, -0.2) is 4.39 Å². The molecule has 0 bridgehead atoms. The summed E-state index contributed by atoms with van der Waals surface area (Å²) >= 11 is 0. The average Bonchev–Trinajstić information content (AvgIpc) is 2.77. The van der Waals surface area contributed by atoms with Crippen molar-refractivity contribution in [1.29, 1.82) is 0 Å². The highest BCUT2D eigenvalue weighted by Crippen LogP contribution is 2.42. The smallest absolute Gasteiger partial charge is 0.131 e. The summed E-state index contributed by atoms with van der Waals surface area (Å²) in [7, 11) is -2.10. The van der Waals surface area contributed by atoms with Crippen LogP contribution in [0.25, 0.3) is 11.1 Å². The lowest BCUT2D eigenvalue weighted by Crippen LogP contribution is -2.16. The molecule has 3 aromatic rings. The molecule has 0 unspecified atom stereocenters. The van der Waals surface area contributed by atoms with E-state index in [4.69, 9.17) is 4.74 Å². The van der Waals surface area contributed by atoms with Gasteiger partial charge in [0.1, 0.15) is 18.2 Å². The molecule has 35 heavy (non-hydrogen) atoms. The first-order valence-electron chi connectivity index (χ1n) is 12.4. The van der Waals surface area contributed by atoms with Gasteiger partial charge >= 0.3 is 0 Å². The van der Waals surface area contributed by atoms with Crippen LogP contribution < -0.4 is 4.74 Å². The van der Waals surface area contributed by atoms with Crippen molar-refractivity contribution in [2.24, 2.45) is 5.41 Å². The van der Waals surface area contributed by atoms with Crippen LogP contribution in [0.2, 0.25) is 0 Å². The molecular weight excluding hydrogens is 454 g/mol. The molecule has 0 fully saturated rings. The molecule has 4 heteroatoms. The summed E-state index contributed by atoms with van der Waals surface area (Å²) in [5, 5.41) is 0. The van der Waals surface area contributed by atoms with Crippen molar-refractivity contribution in [2.45, 2.75) is 60.0 Å². The Morgan fingerprint density at radius 3 is 2.31 bits per heavy atom. The minimum atomic E-state index is -2.10. The van der Waals surface area contributed by atoms with Crippen LogP contribution in [0.3, 0.4) is 0 Å². The monoisotopic (exact) mass is 494 g/mol. The molecule has 0 saturated heterocycles. The first-order valence-corrected chi connectivity index (χ1v) is 15.2. The van der Waals surface area contributed by atoms with E-state index in [-0.39, 0.29) is 23.1 Å². The summed E-state index contributed by atoms with van der Waals surface area (Å²) in [6, 6.07) is 19.6. The Morgan fingerprint density at radius 1 is 0.943 bits per heavy atom. The lowest BCUT2D eigenvalue weighted by atomic mass is 9.75. The zero-order chi connectivity index (χ0) is 26.0. The van der Waals surface area contributed by atoms with Crippen LogP contribution in [0.4, 0.5) is 4.39 Å². The first kappa shape index (κ1) is 27.2. The third-order valence-corrected chi connectivity index (χ3v) is 8.27. The molecule has 0 N–H and O–H groups in total. The minimum Gasteiger partial charge on any atom is -0.489 e. The maximum absolute atomic E-state index is 14.8. The second kappa shape index (κ2) is 10.7. The SMILES string of the molecule is Cc1ccc(F)c(-c2ccc(COc3cccc([C@H](C)CP(C)(C)=O)c3)cc2[C@@H](C)C(C)(C)C)c1. The van der Waals surface area contributed by atoms with Crippen LogP contribution in [-0.2, 0) is 11.2 Å². The van der Waals surface area contributed by atoms with Crippen LogP contribution in [0, 0.1) is 18.2 Å². The maximum atomic E-state index is 14.8. The molecule has 3 aromatic carbocycles. The van der Waals surface area contributed by atoms with Gasteiger partial charge in [0.25, 0.3) is 0 Å². The van der Waals surface area contributed by atoms with E-state index < -0.39 is 7.14 Å². The van der Waals surface area contributed by atoms with Crippen molar-refractivity contribution in [2.75, 3.05) is 19.5 Å². The zero-order valence-electron chi connectivity index (χ0n) is 22.5. The molecule has 3 rings (SSSR count). The summed E-state index contributed by atoms with van der Waals surface area (Å²) in [4.78, 5) is 0. The fourth-order valence-corrected chi connectivity index (χ4v) is 5.99. The third-order valence-electron chi connectivity index (χ3n) is 6.84. The molecule has 0 saturated carbocycles. The third kappa shape index (κ3) is 7.31. The summed E-state index contributed by atoms with van der Waals surface area (Å²) in [5.74, 6) is 1.04. The van der Waals surface area contributed by atoms with Crippen LogP contribution in [0.5, 0.6) is 5.75 Å². The van der Waals surface area contributed by atoms with Gasteiger partial charge in [-0.2, -0.15) is 0 Å². The van der Waals surface area contributed by atoms with E-state index in [0.29, 0.717) is 18.3 Å². The van der Waals surface area contributed by atoms with E-state index in [9.17, 15) is 8.96 Å². The number of rotatable bonds is 8. The summed E-state index contributed by atoms with van der Waals surface area (Å²) in [6.45, 7) is 17.1. The Balaban J connectivity index is 1.90. The zero-order valence-corrected chi connectivity index (χ0v) is 23.4. The Labute approximate surface area is 211 Å². The van der Waals surface area contributed by atoms with E-state index in [1.165, 1.54) is 0 Å². The minimum absolute atomic E-state index is 0.0248. The van der Waals surface area contributed by atoms with Crippen molar-refractivity contribution < 1.29 is 13.7 Å². The number of ether oxygens (including phenoxy) is 1. The van der Waals surface area contributed by atoms with E-state index in [0.717, 1.165) is 33.6 Å². The van der Waals surface area contributed by atoms with Gasteiger partial charge < -0.3 is 9.30 Å². The van der Waals surface area contributed by atoms with Crippen molar-refractivity contribution in [3.63, 3.8) is 0 Å². The normalized spacial score (nSPS) is 14.0. The highest BCUT2D eigenvalue weighted by molar-refractivity contribution is 7.62. The number of aryl methyl sites for hydroxylation is 1. The van der Waals surface area contributed by atoms with Gasteiger partial charge in [0.15, 0.2) is 0 Å². The molecule has 188 valence electrons. The van der Waals surface area contributed by atoms with Crippen molar-refractivity contribution in [3.8, 4) is 16.9 Å². The lowest BCUT2D eigenvalue weighted by Gasteiger charge is -2.30. The highest BCUT2D eigenvalue weighted by atomic mass is 31.2. The van der Waals surface area contributed by atoms with Gasteiger partial charge in [-0.3, -0.25) is 0 Å². The highest BCUT2D eigenvalue weighted by Gasteiger charge is 2.25. The van der Waals surface area contributed by atoms with E-state index in [1.807, 2.05) is 56.7 Å². The lowest BCUT2D eigenvalue weighted by molar-refractivity contribution is 0.304. The summed E-state index contributed by atoms with van der Waals surface area (Å²) in [5.41, 5.74) is 5.98. The van der Waals surface area contributed by atoms with Crippen molar-refractivity contribution >= 4 is 7.14 Å². The summed E-state index contributed by atoms with van der Waals surface area (Å²) in [6.07, 6.45) is 0.682. The Bertz CT molecular complexity index is 1220. The first-order chi connectivity index (χ1) is 16.2. The molecule has 0 aromatic heterocycles. The van der Waals surface area contributed by atoms with Crippen molar-refractivity contribution in [3.05, 3.63) is 88.7 Å². The van der Waals surface area contributed by atoms with Gasteiger partial charge in [0, 0.05) is 11.7 Å². The summed E-state index contributed by atoms with van der Waals surface area (Å²) < 4.78 is 33.3. The van der Waals surface area contributed by atoms with E-state index in [1.54, 1.807) is 6.07 Å². The Kier molecular flexibility index (Phi) is 8.32. The predicted octanol–water partition coefficient (Wildman–Crippen LogP) is 9.26. The molecule has 2 nitrogen and oxygen atoms in total. The number of benzene rings is 3. The molecule has 0 spiro atoms. The number of hydrogen-bond donors (Lipinski definition) is 0. The van der Waals surface area contributed by atoms with Gasteiger partial charge in [-0.1, -0.05) is 76.6 Å². The van der Waals surface area contributed by atoms with E-state index in [2.05, 4.69) is 52.8 Å². The van der Waals surface area contributed by atoms with Gasteiger partial charge in [-0.05, 0) is 84.0 Å². The van der Waals surface area contributed by atoms with Gasteiger partial charge in [-0.15, -0.1) is 0 Å². The van der Waals surface area contributed by atoms with Gasteiger partial charge in [0.05, 0.1) is 7.14 Å². The van der Waals surface area contributed by atoms with Crippen LogP contribution in [0.15, 0.2) is 60.7 Å². The van der Waals surface area contributed by atoms with Crippen molar-refractivity contribution in [1.82, 2.24) is 0 Å². The van der Waals surface area contributed by atoms with Crippen LogP contribution >= 0.6 is 7.14 Å². The molecule has 0 heterocycles. The number of halogens is 1. The maximum Gasteiger partial charge on any atom is 0.131 e. The predicted molar refractivity (Wildman–Crippen MR) is 148 cm³/mol. The average molecular weight is 495 g/mol. The Morgan fingerprint density at radius 2 is 1.66 bits per heavy atom. The van der Waals surface area contributed by atoms with Crippen LogP contribution in [-0.4, -0.2) is 19.5 Å². The standard InChI is InChI=1S/C31H40FO2P/c1-21-12-15-30(32)29(16-21)27-14-13-24(17-28(27)23(3)31(4,5)6)19-34-26-11-9-10-25(18-26)22(2)20-35(7,8)33/h9-18,22-23H,19-20H2,1-8H3/t22-,23-/m1/s1. The molecule has 0 radical (unpaired) electrons.